The van der Waals surface area contributed by atoms with Crippen molar-refractivity contribution < 1.29 is 0 Å². The van der Waals surface area contributed by atoms with Crippen molar-refractivity contribution in [1.29, 1.82) is 0 Å². The van der Waals surface area contributed by atoms with Gasteiger partial charge in [-0.25, -0.2) is 0 Å². The second-order valence-corrected chi connectivity index (χ2v) is 6.31. The van der Waals surface area contributed by atoms with Crippen molar-refractivity contribution in [3.05, 3.63) is 39.9 Å². The second kappa shape index (κ2) is 4.86. The van der Waals surface area contributed by atoms with Crippen molar-refractivity contribution in [1.82, 2.24) is 10.2 Å². The molecule has 1 saturated carbocycles. The first-order valence-corrected chi connectivity index (χ1v) is 7.22. The van der Waals surface area contributed by atoms with E-state index in [1.165, 1.54) is 5.56 Å². The maximum absolute atomic E-state index is 6.01. The zero-order chi connectivity index (χ0) is 12.5. The van der Waals surface area contributed by atoms with Gasteiger partial charge in [-0.3, -0.25) is 0 Å². The van der Waals surface area contributed by atoms with Gasteiger partial charge >= 0.3 is 0 Å². The smallest absolute Gasteiger partial charge is 0.205 e. The van der Waals surface area contributed by atoms with E-state index in [9.17, 15) is 0 Å². The Hall–Kier alpha value is -1.13. The summed E-state index contributed by atoms with van der Waals surface area (Å²) in [4.78, 5) is 0. The Balaban J connectivity index is 1.57. The molecular weight excluding hydrogens is 266 g/mol. The number of hydrogen-bond donors (Lipinski definition) is 1. The van der Waals surface area contributed by atoms with Crippen LogP contribution in [0.15, 0.2) is 24.3 Å². The molecule has 1 N–H and O–H groups in total. The van der Waals surface area contributed by atoms with Gasteiger partial charge in [-0.05, 0) is 43.4 Å². The minimum Gasteiger partial charge on any atom is -0.357 e. The molecule has 1 aliphatic carbocycles. The van der Waals surface area contributed by atoms with E-state index in [2.05, 4.69) is 27.6 Å². The van der Waals surface area contributed by atoms with Gasteiger partial charge in [0.15, 0.2) is 0 Å². The zero-order valence-electron chi connectivity index (χ0n) is 10.1. The standard InChI is InChI=1S/C13H14ClN3S/c1-8-16-17-13(18-8)15-12-6-10(7-12)9-3-2-4-11(14)5-9/h2-5,10,12H,6-7H2,1H3,(H,15,17). The molecule has 0 bridgehead atoms. The highest BCUT2D eigenvalue weighted by molar-refractivity contribution is 7.15. The summed E-state index contributed by atoms with van der Waals surface area (Å²) < 4.78 is 0. The largest absolute Gasteiger partial charge is 0.357 e. The fraction of sp³-hybridized carbons (Fsp3) is 0.385. The number of hydrogen-bond acceptors (Lipinski definition) is 4. The third-order valence-corrected chi connectivity index (χ3v) is 4.32. The van der Waals surface area contributed by atoms with E-state index in [1.54, 1.807) is 11.3 Å². The molecule has 0 spiro atoms. The molecule has 18 heavy (non-hydrogen) atoms. The lowest BCUT2D eigenvalue weighted by Crippen LogP contribution is -2.33. The minimum absolute atomic E-state index is 0.515. The molecule has 0 radical (unpaired) electrons. The van der Waals surface area contributed by atoms with E-state index in [1.807, 2.05) is 19.1 Å². The van der Waals surface area contributed by atoms with Crippen LogP contribution in [0, 0.1) is 6.92 Å². The first-order valence-electron chi connectivity index (χ1n) is 6.03. The minimum atomic E-state index is 0.515. The molecule has 1 fully saturated rings. The average Bonchev–Trinajstić information content (AvgIpc) is 2.69. The normalized spacial score (nSPS) is 22.6. The van der Waals surface area contributed by atoms with E-state index >= 15 is 0 Å². The highest BCUT2D eigenvalue weighted by atomic mass is 35.5. The lowest BCUT2D eigenvalue weighted by atomic mass is 9.76. The number of aromatic nitrogens is 2. The maximum Gasteiger partial charge on any atom is 0.205 e. The first kappa shape index (κ1) is 11.9. The fourth-order valence-electron chi connectivity index (χ4n) is 2.30. The predicted octanol–water partition coefficient (Wildman–Crippen LogP) is 3.86. The van der Waals surface area contributed by atoms with E-state index in [0.717, 1.165) is 28.0 Å². The van der Waals surface area contributed by atoms with Crippen molar-refractivity contribution in [3.8, 4) is 0 Å². The van der Waals surface area contributed by atoms with Crippen LogP contribution in [-0.2, 0) is 0 Å². The zero-order valence-corrected chi connectivity index (χ0v) is 11.6. The van der Waals surface area contributed by atoms with Crippen molar-refractivity contribution in [2.24, 2.45) is 0 Å². The third kappa shape index (κ3) is 2.49. The molecule has 1 aliphatic rings. The Morgan fingerprint density at radius 3 is 2.83 bits per heavy atom. The van der Waals surface area contributed by atoms with Gasteiger partial charge in [0.05, 0.1) is 0 Å². The van der Waals surface area contributed by atoms with Crippen LogP contribution >= 0.6 is 22.9 Å². The molecule has 1 aromatic carbocycles. The van der Waals surface area contributed by atoms with Crippen LogP contribution in [0.25, 0.3) is 0 Å². The van der Waals surface area contributed by atoms with Crippen LogP contribution in [0.2, 0.25) is 5.02 Å². The van der Waals surface area contributed by atoms with Crippen LogP contribution in [0.4, 0.5) is 5.13 Å². The summed E-state index contributed by atoms with van der Waals surface area (Å²) in [7, 11) is 0. The molecule has 2 aromatic rings. The molecule has 94 valence electrons. The van der Waals surface area contributed by atoms with Gasteiger partial charge < -0.3 is 5.32 Å². The summed E-state index contributed by atoms with van der Waals surface area (Å²) in [5, 5.41) is 14.3. The summed E-state index contributed by atoms with van der Waals surface area (Å²) in [6, 6.07) is 8.68. The Morgan fingerprint density at radius 1 is 1.33 bits per heavy atom. The van der Waals surface area contributed by atoms with E-state index in [0.29, 0.717) is 12.0 Å². The quantitative estimate of drug-likeness (QED) is 0.927. The highest BCUT2D eigenvalue weighted by Crippen LogP contribution is 2.39. The third-order valence-electron chi connectivity index (χ3n) is 3.31. The van der Waals surface area contributed by atoms with Crippen molar-refractivity contribution in [3.63, 3.8) is 0 Å². The van der Waals surface area contributed by atoms with E-state index in [-0.39, 0.29) is 0 Å². The van der Waals surface area contributed by atoms with Crippen molar-refractivity contribution >= 4 is 28.1 Å². The van der Waals surface area contributed by atoms with Gasteiger partial charge in [0, 0.05) is 11.1 Å². The van der Waals surface area contributed by atoms with Gasteiger partial charge in [0.1, 0.15) is 5.01 Å². The van der Waals surface area contributed by atoms with Gasteiger partial charge in [0.25, 0.3) is 0 Å². The highest BCUT2D eigenvalue weighted by Gasteiger charge is 2.30. The Bertz CT molecular complexity index is 549. The summed E-state index contributed by atoms with van der Waals surface area (Å²) in [5.41, 5.74) is 1.34. The molecule has 0 saturated heterocycles. The summed E-state index contributed by atoms with van der Waals surface area (Å²) in [6.45, 7) is 1.97. The van der Waals surface area contributed by atoms with Gasteiger partial charge in [-0.1, -0.05) is 35.1 Å². The number of benzene rings is 1. The van der Waals surface area contributed by atoms with Crippen LogP contribution in [0.5, 0.6) is 0 Å². The number of anilines is 1. The van der Waals surface area contributed by atoms with E-state index in [4.69, 9.17) is 11.6 Å². The topological polar surface area (TPSA) is 37.8 Å². The number of halogens is 1. The number of nitrogens with one attached hydrogen (secondary N) is 1. The second-order valence-electron chi connectivity index (χ2n) is 4.69. The van der Waals surface area contributed by atoms with Crippen molar-refractivity contribution in [2.45, 2.75) is 31.7 Å². The monoisotopic (exact) mass is 279 g/mol. The lowest BCUT2D eigenvalue weighted by molar-refractivity contribution is 0.374. The van der Waals surface area contributed by atoms with Crippen molar-refractivity contribution in [2.75, 3.05) is 5.32 Å². The van der Waals surface area contributed by atoms with Gasteiger partial charge in [0.2, 0.25) is 5.13 Å². The molecule has 0 aliphatic heterocycles. The van der Waals surface area contributed by atoms with E-state index < -0.39 is 0 Å². The number of aryl methyl sites for hydroxylation is 1. The van der Waals surface area contributed by atoms with Gasteiger partial charge in [-0.15, -0.1) is 10.2 Å². The fourth-order valence-corrected chi connectivity index (χ4v) is 3.17. The molecule has 0 atom stereocenters. The number of rotatable bonds is 3. The molecular formula is C13H14ClN3S. The summed E-state index contributed by atoms with van der Waals surface area (Å²) in [6.07, 6.45) is 2.28. The van der Waals surface area contributed by atoms with Crippen LogP contribution in [0.1, 0.15) is 29.3 Å². The lowest BCUT2D eigenvalue weighted by Gasteiger charge is -2.36. The predicted molar refractivity (Wildman–Crippen MR) is 75.5 cm³/mol. The Kier molecular flexibility index (Phi) is 3.22. The molecule has 3 nitrogen and oxygen atoms in total. The SMILES string of the molecule is Cc1nnc(NC2CC(c3cccc(Cl)c3)C2)s1. The summed E-state index contributed by atoms with van der Waals surface area (Å²) in [5.74, 6) is 0.621. The molecule has 3 rings (SSSR count). The molecule has 5 heteroatoms. The Labute approximate surface area is 115 Å². The Morgan fingerprint density at radius 2 is 2.17 bits per heavy atom. The van der Waals surface area contributed by atoms with Crippen LogP contribution < -0.4 is 5.32 Å². The molecule has 0 amide bonds. The molecule has 0 unspecified atom stereocenters. The molecule has 1 heterocycles. The van der Waals surface area contributed by atoms with Crippen LogP contribution in [-0.4, -0.2) is 16.2 Å². The first-order chi connectivity index (χ1) is 8.70. The number of nitrogens with zero attached hydrogens (tertiary/aromatic N) is 2. The maximum atomic E-state index is 6.01. The molecule has 1 aromatic heterocycles. The summed E-state index contributed by atoms with van der Waals surface area (Å²) >= 11 is 7.62. The van der Waals surface area contributed by atoms with Crippen LogP contribution in [0.3, 0.4) is 0 Å². The van der Waals surface area contributed by atoms with Gasteiger partial charge in [-0.2, -0.15) is 0 Å². The average molecular weight is 280 g/mol.